The predicted octanol–water partition coefficient (Wildman–Crippen LogP) is 2.39. The Kier molecular flexibility index (Phi) is 2.44. The summed E-state index contributed by atoms with van der Waals surface area (Å²) in [6.45, 7) is 0.133. The van der Waals surface area contributed by atoms with Crippen molar-refractivity contribution < 1.29 is 13.5 Å². The first kappa shape index (κ1) is 8.74. The minimum atomic E-state index is -0.390. The highest BCUT2D eigenvalue weighted by atomic mass is 19.1. The van der Waals surface area contributed by atoms with Crippen molar-refractivity contribution >= 4 is 0 Å². The summed E-state index contributed by atoms with van der Waals surface area (Å²) in [5.41, 5.74) is 0. The largest absolute Gasteiger partial charge is 0.481 e. The van der Waals surface area contributed by atoms with E-state index < -0.39 is 0 Å². The molecule has 0 unspecified atom stereocenters. The molecule has 0 spiro atoms. The Labute approximate surface area is 80.1 Å². The Morgan fingerprint density at radius 3 is 2.93 bits per heavy atom. The highest BCUT2D eigenvalue weighted by Crippen LogP contribution is 2.16. The average molecular weight is 193 g/mol. The summed E-state index contributed by atoms with van der Waals surface area (Å²) in [5.74, 6) is 0.234. The number of rotatable bonds is 3. The topological polar surface area (TPSA) is 35.3 Å². The number of oxazole rings is 1. The van der Waals surface area contributed by atoms with Gasteiger partial charge in [0.2, 0.25) is 5.89 Å². The van der Waals surface area contributed by atoms with Crippen LogP contribution >= 0.6 is 0 Å². The number of para-hydroxylation sites is 1. The van der Waals surface area contributed by atoms with E-state index in [1.54, 1.807) is 18.2 Å². The molecule has 0 saturated heterocycles. The maximum atomic E-state index is 13.0. The molecule has 1 aromatic carbocycles. The van der Waals surface area contributed by atoms with Crippen LogP contribution in [-0.2, 0) is 6.61 Å². The molecule has 4 heteroatoms. The summed E-state index contributed by atoms with van der Waals surface area (Å²) in [5, 5.41) is 0. The van der Waals surface area contributed by atoms with Gasteiger partial charge in [-0.25, -0.2) is 9.37 Å². The van der Waals surface area contributed by atoms with Gasteiger partial charge in [-0.05, 0) is 12.1 Å². The van der Waals surface area contributed by atoms with Crippen molar-refractivity contribution in [2.75, 3.05) is 0 Å². The van der Waals surface area contributed by atoms with E-state index in [0.717, 1.165) is 0 Å². The van der Waals surface area contributed by atoms with Crippen molar-refractivity contribution in [3.63, 3.8) is 0 Å². The van der Waals surface area contributed by atoms with Gasteiger partial charge in [-0.2, -0.15) is 0 Å². The molecular formula is C10H8FNO2. The molecule has 0 radical (unpaired) electrons. The minimum absolute atomic E-state index is 0.133. The third kappa shape index (κ3) is 1.90. The van der Waals surface area contributed by atoms with Gasteiger partial charge in [-0.15, -0.1) is 0 Å². The van der Waals surface area contributed by atoms with Gasteiger partial charge in [0, 0.05) is 0 Å². The molecule has 0 aliphatic rings. The van der Waals surface area contributed by atoms with Crippen LogP contribution in [0.1, 0.15) is 5.89 Å². The van der Waals surface area contributed by atoms with Crippen LogP contribution in [0.15, 0.2) is 41.1 Å². The molecule has 3 nitrogen and oxygen atoms in total. The smallest absolute Gasteiger partial charge is 0.232 e. The monoisotopic (exact) mass is 193 g/mol. The van der Waals surface area contributed by atoms with E-state index in [9.17, 15) is 4.39 Å². The molecule has 1 heterocycles. The van der Waals surface area contributed by atoms with Crippen LogP contribution in [0.4, 0.5) is 4.39 Å². The van der Waals surface area contributed by atoms with E-state index in [1.165, 1.54) is 18.5 Å². The number of nitrogens with zero attached hydrogens (tertiary/aromatic N) is 1. The van der Waals surface area contributed by atoms with Gasteiger partial charge in [0.1, 0.15) is 6.26 Å². The average Bonchev–Trinajstić information content (AvgIpc) is 2.69. The van der Waals surface area contributed by atoms with Crippen LogP contribution in [0.3, 0.4) is 0 Å². The second-order valence-corrected chi connectivity index (χ2v) is 2.64. The molecule has 0 bridgehead atoms. The van der Waals surface area contributed by atoms with Gasteiger partial charge in [0.15, 0.2) is 18.2 Å². The fourth-order valence-corrected chi connectivity index (χ4v) is 1.03. The van der Waals surface area contributed by atoms with Crippen molar-refractivity contribution in [2.45, 2.75) is 6.61 Å². The van der Waals surface area contributed by atoms with E-state index in [2.05, 4.69) is 4.98 Å². The normalized spacial score (nSPS) is 10.1. The van der Waals surface area contributed by atoms with Crippen LogP contribution in [0.25, 0.3) is 0 Å². The van der Waals surface area contributed by atoms with Crippen LogP contribution in [0.2, 0.25) is 0 Å². The summed E-state index contributed by atoms with van der Waals surface area (Å²) >= 11 is 0. The zero-order valence-electron chi connectivity index (χ0n) is 7.31. The second-order valence-electron chi connectivity index (χ2n) is 2.64. The highest BCUT2D eigenvalue weighted by Gasteiger charge is 2.03. The molecule has 2 aromatic rings. The van der Waals surface area contributed by atoms with E-state index in [1.807, 2.05) is 0 Å². The first-order chi connectivity index (χ1) is 6.86. The molecule has 72 valence electrons. The van der Waals surface area contributed by atoms with E-state index in [4.69, 9.17) is 9.15 Å². The van der Waals surface area contributed by atoms with Crippen molar-refractivity contribution in [1.82, 2.24) is 4.98 Å². The molecule has 1 aromatic heterocycles. The fraction of sp³-hybridized carbons (Fsp3) is 0.100. The first-order valence-electron chi connectivity index (χ1n) is 4.12. The Bertz CT molecular complexity index is 400. The molecule has 0 atom stereocenters. The van der Waals surface area contributed by atoms with Gasteiger partial charge < -0.3 is 9.15 Å². The molecule has 0 fully saturated rings. The first-order valence-corrected chi connectivity index (χ1v) is 4.12. The van der Waals surface area contributed by atoms with Gasteiger partial charge in [-0.1, -0.05) is 12.1 Å². The van der Waals surface area contributed by atoms with Gasteiger partial charge in [-0.3, -0.25) is 0 Å². The van der Waals surface area contributed by atoms with Crippen LogP contribution in [0.5, 0.6) is 5.75 Å². The van der Waals surface area contributed by atoms with Crippen LogP contribution in [-0.4, -0.2) is 4.98 Å². The zero-order chi connectivity index (χ0) is 9.80. The number of hydrogen-bond acceptors (Lipinski definition) is 3. The summed E-state index contributed by atoms with van der Waals surface area (Å²) in [6, 6.07) is 6.20. The van der Waals surface area contributed by atoms with Crippen LogP contribution < -0.4 is 4.74 Å². The lowest BCUT2D eigenvalue weighted by atomic mass is 10.3. The zero-order valence-corrected chi connectivity index (χ0v) is 7.31. The van der Waals surface area contributed by atoms with Crippen molar-refractivity contribution in [2.24, 2.45) is 0 Å². The molecule has 0 saturated carbocycles. The van der Waals surface area contributed by atoms with Gasteiger partial charge >= 0.3 is 0 Å². The van der Waals surface area contributed by atoms with E-state index in [-0.39, 0.29) is 18.2 Å². The third-order valence-electron chi connectivity index (χ3n) is 1.67. The predicted molar refractivity (Wildman–Crippen MR) is 47.2 cm³/mol. The van der Waals surface area contributed by atoms with Crippen molar-refractivity contribution in [3.8, 4) is 5.75 Å². The number of aromatic nitrogens is 1. The lowest BCUT2D eigenvalue weighted by Crippen LogP contribution is -1.96. The molecule has 0 amide bonds. The van der Waals surface area contributed by atoms with Gasteiger partial charge in [0.25, 0.3) is 0 Å². The Morgan fingerprint density at radius 1 is 1.36 bits per heavy atom. The summed E-state index contributed by atoms with van der Waals surface area (Å²) < 4.78 is 23.1. The summed E-state index contributed by atoms with van der Waals surface area (Å²) in [4.78, 5) is 3.85. The number of benzene rings is 1. The second kappa shape index (κ2) is 3.91. The third-order valence-corrected chi connectivity index (χ3v) is 1.67. The number of ether oxygens (including phenoxy) is 1. The Hall–Kier alpha value is -1.84. The lowest BCUT2D eigenvalue weighted by molar-refractivity contribution is 0.252. The molecule has 0 N–H and O–H groups in total. The van der Waals surface area contributed by atoms with Gasteiger partial charge in [0.05, 0.1) is 6.20 Å². The maximum Gasteiger partial charge on any atom is 0.232 e. The molecule has 2 rings (SSSR count). The van der Waals surface area contributed by atoms with Crippen molar-refractivity contribution in [3.05, 3.63) is 48.4 Å². The lowest BCUT2D eigenvalue weighted by Gasteiger charge is -2.03. The van der Waals surface area contributed by atoms with Crippen molar-refractivity contribution in [1.29, 1.82) is 0 Å². The summed E-state index contributed by atoms with van der Waals surface area (Å²) in [6.07, 6.45) is 2.96. The molecule has 0 aliphatic heterocycles. The Morgan fingerprint density at radius 2 is 2.21 bits per heavy atom. The Balaban J connectivity index is 2.02. The number of halogens is 1. The maximum absolute atomic E-state index is 13.0. The van der Waals surface area contributed by atoms with E-state index >= 15 is 0 Å². The minimum Gasteiger partial charge on any atom is -0.481 e. The molecule has 14 heavy (non-hydrogen) atoms. The quantitative estimate of drug-likeness (QED) is 0.750. The standard InChI is InChI=1S/C10H8FNO2/c11-8-3-1-2-4-9(8)14-7-10-12-5-6-13-10/h1-6H,7H2. The summed E-state index contributed by atoms with van der Waals surface area (Å²) in [7, 11) is 0. The number of hydrogen-bond donors (Lipinski definition) is 0. The van der Waals surface area contributed by atoms with E-state index in [0.29, 0.717) is 5.89 Å². The van der Waals surface area contributed by atoms with Crippen LogP contribution in [0, 0.1) is 5.82 Å². The molecule has 0 aliphatic carbocycles. The highest BCUT2D eigenvalue weighted by molar-refractivity contribution is 5.23. The SMILES string of the molecule is Fc1ccccc1OCc1ncco1. The fourth-order valence-electron chi connectivity index (χ4n) is 1.03. The molecular weight excluding hydrogens is 185 g/mol.